The van der Waals surface area contributed by atoms with E-state index in [0.717, 1.165) is 0 Å². The zero-order chi connectivity index (χ0) is 9.80. The van der Waals surface area contributed by atoms with E-state index in [1.165, 1.54) is 31.4 Å². The summed E-state index contributed by atoms with van der Waals surface area (Å²) < 4.78 is 0. The molecular formula is C13H19N. The molecule has 1 heteroatoms. The van der Waals surface area contributed by atoms with Crippen LogP contribution in [0.25, 0.3) is 0 Å². The number of hydrogen-bond donors (Lipinski definition) is 1. The van der Waals surface area contributed by atoms with Crippen LogP contribution in [-0.4, -0.2) is 12.6 Å². The Balaban J connectivity index is 2.12. The maximum absolute atomic E-state index is 3.61. The van der Waals surface area contributed by atoms with Crippen molar-refractivity contribution in [1.82, 2.24) is 5.32 Å². The SMILES string of the molecule is CC[C@@H](c1ccccc1)[C@H]1CCCN1. The molecule has 0 aromatic heterocycles. The highest BCUT2D eigenvalue weighted by Crippen LogP contribution is 2.27. The van der Waals surface area contributed by atoms with Crippen LogP contribution in [0.1, 0.15) is 37.7 Å². The first kappa shape index (κ1) is 9.72. The Hall–Kier alpha value is -0.820. The Kier molecular flexibility index (Phi) is 3.20. The second kappa shape index (κ2) is 4.61. The van der Waals surface area contributed by atoms with Crippen molar-refractivity contribution in [3.63, 3.8) is 0 Å². The summed E-state index contributed by atoms with van der Waals surface area (Å²) in [5.74, 6) is 0.707. The Morgan fingerprint density at radius 2 is 2.14 bits per heavy atom. The molecule has 1 aromatic carbocycles. The summed E-state index contributed by atoms with van der Waals surface area (Å²) in [4.78, 5) is 0. The van der Waals surface area contributed by atoms with Gasteiger partial charge in [-0.1, -0.05) is 37.3 Å². The van der Waals surface area contributed by atoms with Crippen molar-refractivity contribution in [2.24, 2.45) is 0 Å². The molecule has 0 bridgehead atoms. The van der Waals surface area contributed by atoms with Gasteiger partial charge in [-0.15, -0.1) is 0 Å². The Morgan fingerprint density at radius 1 is 1.36 bits per heavy atom. The van der Waals surface area contributed by atoms with Crippen molar-refractivity contribution >= 4 is 0 Å². The first-order chi connectivity index (χ1) is 6.92. The minimum absolute atomic E-state index is 0.707. The second-order valence-electron chi connectivity index (χ2n) is 4.13. The van der Waals surface area contributed by atoms with Gasteiger partial charge in [0.25, 0.3) is 0 Å². The number of nitrogens with one attached hydrogen (secondary N) is 1. The Morgan fingerprint density at radius 3 is 2.71 bits per heavy atom. The summed E-state index contributed by atoms with van der Waals surface area (Å²) >= 11 is 0. The molecule has 1 nitrogen and oxygen atoms in total. The van der Waals surface area contributed by atoms with Crippen molar-refractivity contribution in [2.75, 3.05) is 6.54 Å². The van der Waals surface area contributed by atoms with Gasteiger partial charge in [-0.05, 0) is 37.3 Å². The van der Waals surface area contributed by atoms with E-state index >= 15 is 0 Å². The van der Waals surface area contributed by atoms with Crippen molar-refractivity contribution in [2.45, 2.75) is 38.1 Å². The lowest BCUT2D eigenvalue weighted by Crippen LogP contribution is -2.28. The third-order valence-corrected chi connectivity index (χ3v) is 3.25. The van der Waals surface area contributed by atoms with E-state index in [4.69, 9.17) is 0 Å². The molecule has 2 atom stereocenters. The van der Waals surface area contributed by atoms with E-state index < -0.39 is 0 Å². The molecule has 0 spiro atoms. The minimum Gasteiger partial charge on any atom is -0.313 e. The standard InChI is InChI=1S/C13H19N/c1-2-12(13-9-6-10-14-13)11-7-4-3-5-8-11/h3-5,7-8,12-14H,2,6,9-10H2,1H3/t12-,13+/m0/s1. The van der Waals surface area contributed by atoms with Crippen molar-refractivity contribution in [1.29, 1.82) is 0 Å². The summed E-state index contributed by atoms with van der Waals surface area (Å²) in [6.45, 7) is 3.49. The normalized spacial score (nSPS) is 23.6. The molecule has 14 heavy (non-hydrogen) atoms. The fourth-order valence-corrected chi connectivity index (χ4v) is 2.51. The molecule has 1 N–H and O–H groups in total. The second-order valence-corrected chi connectivity index (χ2v) is 4.13. The predicted octanol–water partition coefficient (Wildman–Crippen LogP) is 2.93. The Bertz CT molecular complexity index is 262. The molecule has 0 amide bonds. The molecule has 1 heterocycles. The van der Waals surface area contributed by atoms with Gasteiger partial charge in [-0.3, -0.25) is 0 Å². The summed E-state index contributed by atoms with van der Waals surface area (Å²) in [5.41, 5.74) is 1.49. The third-order valence-electron chi connectivity index (χ3n) is 3.25. The molecule has 0 radical (unpaired) electrons. The van der Waals surface area contributed by atoms with Crippen molar-refractivity contribution in [3.8, 4) is 0 Å². The van der Waals surface area contributed by atoms with Gasteiger partial charge in [0.15, 0.2) is 0 Å². The summed E-state index contributed by atoms with van der Waals surface area (Å²) in [6.07, 6.45) is 3.92. The van der Waals surface area contributed by atoms with Crippen LogP contribution in [0.3, 0.4) is 0 Å². The lowest BCUT2D eigenvalue weighted by molar-refractivity contribution is 0.477. The smallest absolute Gasteiger partial charge is 0.0136 e. The van der Waals surface area contributed by atoms with E-state index in [0.29, 0.717) is 12.0 Å². The van der Waals surface area contributed by atoms with Gasteiger partial charge in [0.1, 0.15) is 0 Å². The van der Waals surface area contributed by atoms with E-state index in [-0.39, 0.29) is 0 Å². The number of rotatable bonds is 3. The van der Waals surface area contributed by atoms with Crippen LogP contribution < -0.4 is 5.32 Å². The van der Waals surface area contributed by atoms with Gasteiger partial charge in [0.05, 0.1) is 0 Å². The fraction of sp³-hybridized carbons (Fsp3) is 0.538. The maximum Gasteiger partial charge on any atom is 0.0136 e. The predicted molar refractivity (Wildman–Crippen MR) is 60.5 cm³/mol. The van der Waals surface area contributed by atoms with Crippen LogP contribution in [-0.2, 0) is 0 Å². The highest BCUT2D eigenvalue weighted by Gasteiger charge is 2.23. The molecule has 2 rings (SSSR count). The molecule has 76 valence electrons. The van der Waals surface area contributed by atoms with Gasteiger partial charge in [-0.25, -0.2) is 0 Å². The molecule has 0 aliphatic carbocycles. The van der Waals surface area contributed by atoms with E-state index in [1.54, 1.807) is 0 Å². The number of hydrogen-bond acceptors (Lipinski definition) is 1. The summed E-state index contributed by atoms with van der Waals surface area (Å²) in [5, 5.41) is 3.61. The lowest BCUT2D eigenvalue weighted by Gasteiger charge is -2.22. The van der Waals surface area contributed by atoms with Gasteiger partial charge in [0.2, 0.25) is 0 Å². The molecule has 1 aliphatic rings. The zero-order valence-corrected chi connectivity index (χ0v) is 8.87. The molecule has 1 fully saturated rings. The first-order valence-electron chi connectivity index (χ1n) is 5.70. The molecular weight excluding hydrogens is 170 g/mol. The van der Waals surface area contributed by atoms with Crippen LogP contribution >= 0.6 is 0 Å². The van der Waals surface area contributed by atoms with Gasteiger partial charge in [-0.2, -0.15) is 0 Å². The fourth-order valence-electron chi connectivity index (χ4n) is 2.51. The highest BCUT2D eigenvalue weighted by atomic mass is 14.9. The van der Waals surface area contributed by atoms with Crippen LogP contribution in [0.15, 0.2) is 30.3 Å². The molecule has 1 aliphatic heterocycles. The van der Waals surface area contributed by atoms with Gasteiger partial charge in [0, 0.05) is 6.04 Å². The molecule has 1 aromatic rings. The zero-order valence-electron chi connectivity index (χ0n) is 8.87. The summed E-state index contributed by atoms with van der Waals surface area (Å²) in [7, 11) is 0. The Labute approximate surface area is 86.5 Å². The number of benzene rings is 1. The highest BCUT2D eigenvalue weighted by molar-refractivity contribution is 5.21. The van der Waals surface area contributed by atoms with Crippen LogP contribution in [0.5, 0.6) is 0 Å². The quantitative estimate of drug-likeness (QED) is 0.771. The largest absolute Gasteiger partial charge is 0.313 e. The van der Waals surface area contributed by atoms with Crippen LogP contribution in [0, 0.1) is 0 Å². The topological polar surface area (TPSA) is 12.0 Å². The lowest BCUT2D eigenvalue weighted by atomic mass is 9.88. The summed E-state index contributed by atoms with van der Waals surface area (Å²) in [6, 6.07) is 11.6. The minimum atomic E-state index is 0.707. The molecule has 0 unspecified atom stereocenters. The average Bonchev–Trinajstić information content (AvgIpc) is 2.74. The van der Waals surface area contributed by atoms with Crippen molar-refractivity contribution < 1.29 is 0 Å². The van der Waals surface area contributed by atoms with Crippen LogP contribution in [0.4, 0.5) is 0 Å². The average molecular weight is 189 g/mol. The van der Waals surface area contributed by atoms with E-state index in [1.807, 2.05) is 0 Å². The van der Waals surface area contributed by atoms with Crippen LogP contribution in [0.2, 0.25) is 0 Å². The van der Waals surface area contributed by atoms with E-state index in [9.17, 15) is 0 Å². The van der Waals surface area contributed by atoms with Gasteiger partial charge < -0.3 is 5.32 Å². The third kappa shape index (κ3) is 1.98. The monoisotopic (exact) mass is 189 g/mol. The first-order valence-corrected chi connectivity index (χ1v) is 5.70. The maximum atomic E-state index is 3.61. The van der Waals surface area contributed by atoms with Gasteiger partial charge >= 0.3 is 0 Å². The molecule has 1 saturated heterocycles. The van der Waals surface area contributed by atoms with Crippen molar-refractivity contribution in [3.05, 3.63) is 35.9 Å². The molecule has 0 saturated carbocycles. The van der Waals surface area contributed by atoms with E-state index in [2.05, 4.69) is 42.6 Å².